The highest BCUT2D eigenvalue weighted by Gasteiger charge is 2.24. The second-order valence-corrected chi connectivity index (χ2v) is 7.91. The first-order valence-corrected chi connectivity index (χ1v) is 7.85. The Morgan fingerprint density at radius 1 is 1.42 bits per heavy atom. The summed E-state index contributed by atoms with van der Waals surface area (Å²) in [6, 6.07) is -0.247. The minimum absolute atomic E-state index is 0.0168. The number of amidine groups is 1. The van der Waals surface area contributed by atoms with Crippen molar-refractivity contribution in [2.24, 2.45) is 10.9 Å². The van der Waals surface area contributed by atoms with E-state index in [1.165, 1.54) is 6.42 Å². The second kappa shape index (κ2) is 6.64. The average molecular weight is 285 g/mol. The molecule has 19 heavy (non-hydrogen) atoms. The van der Waals surface area contributed by atoms with Gasteiger partial charge in [-0.3, -0.25) is 9.79 Å². The van der Waals surface area contributed by atoms with Crippen LogP contribution >= 0.6 is 11.8 Å². The number of thioether (sulfide) groups is 1. The van der Waals surface area contributed by atoms with Crippen molar-refractivity contribution in [1.82, 2.24) is 10.6 Å². The molecular formula is C14H27N3OS. The van der Waals surface area contributed by atoms with Gasteiger partial charge in [-0.25, -0.2) is 0 Å². The molecule has 1 rings (SSSR count). The van der Waals surface area contributed by atoms with Crippen LogP contribution in [0, 0.1) is 5.92 Å². The van der Waals surface area contributed by atoms with Crippen LogP contribution in [0.2, 0.25) is 0 Å². The molecule has 4 nitrogen and oxygen atoms in total. The molecule has 0 radical (unpaired) electrons. The molecular weight excluding hydrogens is 258 g/mol. The quantitative estimate of drug-likeness (QED) is 0.834. The van der Waals surface area contributed by atoms with E-state index in [1.54, 1.807) is 11.8 Å². The summed E-state index contributed by atoms with van der Waals surface area (Å²) in [6.07, 6.45) is 1.17. The molecule has 0 spiro atoms. The van der Waals surface area contributed by atoms with Crippen LogP contribution in [0.4, 0.5) is 0 Å². The number of amides is 1. The van der Waals surface area contributed by atoms with Crippen LogP contribution in [0.25, 0.3) is 0 Å². The van der Waals surface area contributed by atoms with Crippen molar-refractivity contribution >= 4 is 22.8 Å². The van der Waals surface area contributed by atoms with E-state index in [9.17, 15) is 4.79 Å². The topological polar surface area (TPSA) is 53.5 Å². The fourth-order valence-corrected chi connectivity index (χ4v) is 3.21. The molecule has 0 fully saturated rings. The predicted octanol–water partition coefficient (Wildman–Crippen LogP) is 2.40. The monoisotopic (exact) mass is 285 g/mol. The van der Waals surface area contributed by atoms with Gasteiger partial charge in [0.1, 0.15) is 6.04 Å². The van der Waals surface area contributed by atoms with Gasteiger partial charge in [-0.1, -0.05) is 25.6 Å². The summed E-state index contributed by atoms with van der Waals surface area (Å²) in [7, 11) is 0. The van der Waals surface area contributed by atoms with Crippen molar-refractivity contribution in [2.45, 2.75) is 64.8 Å². The normalized spacial score (nSPS) is 21.2. The molecule has 0 aromatic heterocycles. The Kier molecular flexibility index (Phi) is 5.71. The fourth-order valence-electron chi connectivity index (χ4n) is 1.87. The lowest BCUT2D eigenvalue weighted by Gasteiger charge is -2.24. The van der Waals surface area contributed by atoms with Crippen molar-refractivity contribution in [3.05, 3.63) is 0 Å². The predicted molar refractivity (Wildman–Crippen MR) is 83.6 cm³/mol. The highest BCUT2D eigenvalue weighted by Crippen LogP contribution is 2.25. The van der Waals surface area contributed by atoms with E-state index in [0.29, 0.717) is 11.2 Å². The number of carbonyl (C=O) groups is 1. The number of hydrogen-bond donors (Lipinski definition) is 2. The Morgan fingerprint density at radius 2 is 2.05 bits per heavy atom. The Labute approximate surface area is 121 Å². The maximum absolute atomic E-state index is 12.0. The number of aliphatic imine (C=N–C) groups is 1. The molecule has 1 heterocycles. The van der Waals surface area contributed by atoms with Crippen molar-refractivity contribution < 1.29 is 4.79 Å². The maximum Gasteiger partial charge on any atom is 0.242 e. The Bertz CT molecular complexity index is 347. The van der Waals surface area contributed by atoms with E-state index < -0.39 is 0 Å². The lowest BCUT2D eigenvalue weighted by molar-refractivity contribution is -0.123. The van der Waals surface area contributed by atoms with E-state index in [2.05, 4.69) is 29.5 Å². The lowest BCUT2D eigenvalue weighted by atomic mass is 10.1. The van der Waals surface area contributed by atoms with Crippen molar-refractivity contribution in [1.29, 1.82) is 0 Å². The molecule has 0 bridgehead atoms. The number of hydrogen-bond acceptors (Lipinski definition) is 4. The lowest BCUT2D eigenvalue weighted by Crippen LogP contribution is -2.50. The van der Waals surface area contributed by atoms with E-state index in [-0.39, 0.29) is 17.5 Å². The summed E-state index contributed by atoms with van der Waals surface area (Å²) in [5.41, 5.74) is -0.197. The van der Waals surface area contributed by atoms with Crippen LogP contribution in [0.5, 0.6) is 0 Å². The van der Waals surface area contributed by atoms with Gasteiger partial charge in [0.2, 0.25) is 5.91 Å². The van der Waals surface area contributed by atoms with E-state index in [1.807, 2.05) is 27.7 Å². The van der Waals surface area contributed by atoms with Crippen LogP contribution in [0.3, 0.4) is 0 Å². The average Bonchev–Trinajstić information content (AvgIpc) is 2.61. The van der Waals surface area contributed by atoms with Gasteiger partial charge < -0.3 is 10.6 Å². The summed E-state index contributed by atoms with van der Waals surface area (Å²) in [4.78, 5) is 16.4. The molecule has 1 aliphatic heterocycles. The minimum atomic E-state index is -0.247. The van der Waals surface area contributed by atoms with Crippen LogP contribution in [0.1, 0.15) is 48.0 Å². The molecule has 0 aliphatic carbocycles. The number of rotatable bonds is 4. The summed E-state index contributed by atoms with van der Waals surface area (Å²) < 4.78 is 0. The molecule has 0 aromatic rings. The number of carbonyl (C=O) groups excluding carboxylic acids is 1. The van der Waals surface area contributed by atoms with Gasteiger partial charge in [0.25, 0.3) is 0 Å². The third kappa shape index (κ3) is 6.32. The Balaban J connectivity index is 2.38. The molecule has 0 saturated carbocycles. The van der Waals surface area contributed by atoms with E-state index >= 15 is 0 Å². The van der Waals surface area contributed by atoms with Crippen LogP contribution in [-0.4, -0.2) is 34.5 Å². The van der Waals surface area contributed by atoms with Gasteiger partial charge in [-0.05, 0) is 40.0 Å². The third-order valence-electron chi connectivity index (χ3n) is 2.68. The number of nitrogens with zero attached hydrogens (tertiary/aromatic N) is 1. The zero-order chi connectivity index (χ0) is 14.6. The number of nitrogens with one attached hydrogen (secondary N) is 2. The van der Waals surface area contributed by atoms with Crippen molar-refractivity contribution in [3.8, 4) is 0 Å². The highest BCUT2D eigenvalue weighted by atomic mass is 32.2. The molecule has 1 aliphatic rings. The Morgan fingerprint density at radius 3 is 2.58 bits per heavy atom. The molecule has 2 N–H and O–H groups in total. The molecule has 1 amide bonds. The summed E-state index contributed by atoms with van der Waals surface area (Å²) in [5, 5.41) is 7.64. The zero-order valence-corrected chi connectivity index (χ0v) is 13.7. The third-order valence-corrected chi connectivity index (χ3v) is 3.83. The fraction of sp³-hybridized carbons (Fsp3) is 0.857. The van der Waals surface area contributed by atoms with Gasteiger partial charge in [0.15, 0.2) is 5.17 Å². The molecule has 5 heteroatoms. The molecule has 2 atom stereocenters. The summed E-state index contributed by atoms with van der Waals surface area (Å²) >= 11 is 1.76. The van der Waals surface area contributed by atoms with Crippen molar-refractivity contribution in [3.63, 3.8) is 0 Å². The van der Waals surface area contributed by atoms with Gasteiger partial charge in [-0.2, -0.15) is 0 Å². The van der Waals surface area contributed by atoms with Crippen LogP contribution in [-0.2, 0) is 4.79 Å². The first-order chi connectivity index (χ1) is 8.67. The van der Waals surface area contributed by atoms with E-state index in [0.717, 1.165) is 11.7 Å². The second-order valence-electron chi connectivity index (χ2n) is 6.62. The standard InChI is InChI=1S/C14H27N3OS/c1-9(2)7-11-8-15-13(19-11)16-10(3)12(18)17-14(4,5)6/h9-11H,7-8H2,1-6H3,(H,15,16)(H,17,18). The molecule has 0 aromatic carbocycles. The van der Waals surface area contributed by atoms with Gasteiger partial charge in [-0.15, -0.1) is 0 Å². The van der Waals surface area contributed by atoms with Crippen LogP contribution < -0.4 is 10.6 Å². The van der Waals surface area contributed by atoms with Gasteiger partial charge in [0.05, 0.1) is 6.54 Å². The largest absolute Gasteiger partial charge is 0.353 e. The Hall–Kier alpha value is -0.710. The maximum atomic E-state index is 12.0. The first-order valence-electron chi connectivity index (χ1n) is 6.97. The highest BCUT2D eigenvalue weighted by molar-refractivity contribution is 8.14. The van der Waals surface area contributed by atoms with Gasteiger partial charge in [0, 0.05) is 10.8 Å². The van der Waals surface area contributed by atoms with Crippen molar-refractivity contribution in [2.75, 3.05) is 6.54 Å². The molecule has 0 saturated heterocycles. The summed E-state index contributed by atoms with van der Waals surface area (Å²) in [5.74, 6) is 0.705. The summed E-state index contributed by atoms with van der Waals surface area (Å²) in [6.45, 7) is 13.1. The molecule has 110 valence electrons. The molecule has 2 unspecified atom stereocenters. The van der Waals surface area contributed by atoms with Gasteiger partial charge >= 0.3 is 0 Å². The smallest absolute Gasteiger partial charge is 0.242 e. The van der Waals surface area contributed by atoms with Crippen LogP contribution in [0.15, 0.2) is 4.99 Å². The SMILES string of the molecule is CC(C)CC1CN=C(NC(C)C(=O)NC(C)(C)C)S1. The van der Waals surface area contributed by atoms with E-state index in [4.69, 9.17) is 0 Å². The minimum Gasteiger partial charge on any atom is -0.353 e. The zero-order valence-electron chi connectivity index (χ0n) is 12.9. The first kappa shape index (κ1) is 16.3.